The monoisotopic (exact) mass is 446 g/mol. The Morgan fingerprint density at radius 1 is 1.39 bits per heavy atom. The first-order valence-electron chi connectivity index (χ1n) is 10.5. The molecule has 4 heterocycles. The molecular weight excluding hydrogens is 424 g/mol. The minimum absolute atomic E-state index is 0.140. The third-order valence-electron chi connectivity index (χ3n) is 6.04. The molecule has 33 heavy (non-hydrogen) atoms. The number of rotatable bonds is 2. The molecule has 168 valence electrons. The lowest BCUT2D eigenvalue weighted by molar-refractivity contribution is -0.124. The molecule has 5 rings (SSSR count). The Balaban J connectivity index is 1.70. The van der Waals surface area contributed by atoms with E-state index in [2.05, 4.69) is 27.1 Å². The topological polar surface area (TPSA) is 143 Å². The number of fused-ring (bicyclic) bond motifs is 2. The Kier molecular flexibility index (Phi) is 4.91. The molecule has 1 aliphatic heterocycles. The molecule has 0 aliphatic carbocycles. The standard InChI is InChI=1S/C23H22N6O4/c1-12-5-6-16-15(10-12)13(2)21(33-16)20-18-19(23(32)26-25-22(18)24)27-29(20)14-7-8-28(11-14)17(31)4-3-9-30/h5-6,10,14,30H,7-9,11H2,1-2H3,(H2,24,25)(H,26,32). The molecule has 10 nitrogen and oxygen atoms in total. The Bertz CT molecular complexity index is 1530. The number of amides is 1. The van der Waals surface area contributed by atoms with E-state index in [0.717, 1.165) is 16.5 Å². The second-order valence-corrected chi connectivity index (χ2v) is 8.16. The number of aromatic nitrogens is 4. The number of nitrogens with zero attached hydrogens (tertiary/aromatic N) is 4. The van der Waals surface area contributed by atoms with E-state index in [4.69, 9.17) is 15.3 Å². The first-order valence-corrected chi connectivity index (χ1v) is 10.5. The van der Waals surface area contributed by atoms with Gasteiger partial charge in [0.05, 0.1) is 11.4 Å². The van der Waals surface area contributed by atoms with E-state index in [-0.39, 0.29) is 29.9 Å². The van der Waals surface area contributed by atoms with Crippen molar-refractivity contribution >= 4 is 33.6 Å². The van der Waals surface area contributed by atoms with Gasteiger partial charge in [-0.05, 0) is 38.3 Å². The van der Waals surface area contributed by atoms with Gasteiger partial charge in [-0.3, -0.25) is 14.3 Å². The van der Waals surface area contributed by atoms with Crippen LogP contribution in [0, 0.1) is 25.7 Å². The zero-order valence-electron chi connectivity index (χ0n) is 18.2. The summed E-state index contributed by atoms with van der Waals surface area (Å²) >= 11 is 0. The van der Waals surface area contributed by atoms with Gasteiger partial charge in [0.2, 0.25) is 0 Å². The maximum absolute atomic E-state index is 12.5. The van der Waals surface area contributed by atoms with Crippen LogP contribution in [0.5, 0.6) is 0 Å². The van der Waals surface area contributed by atoms with Crippen molar-refractivity contribution in [2.75, 3.05) is 25.4 Å². The fourth-order valence-electron chi connectivity index (χ4n) is 4.42. The second-order valence-electron chi connectivity index (χ2n) is 8.16. The molecule has 1 aliphatic rings. The van der Waals surface area contributed by atoms with Crippen molar-refractivity contribution in [3.05, 3.63) is 39.7 Å². The molecule has 1 aromatic carbocycles. The Hall–Kier alpha value is -4.10. The van der Waals surface area contributed by atoms with Crippen LogP contribution in [0.1, 0.15) is 23.6 Å². The van der Waals surface area contributed by atoms with Gasteiger partial charge in [-0.25, -0.2) is 5.10 Å². The van der Waals surface area contributed by atoms with Gasteiger partial charge in [0.1, 0.15) is 17.9 Å². The molecule has 10 heteroatoms. The van der Waals surface area contributed by atoms with E-state index in [1.54, 1.807) is 9.58 Å². The third kappa shape index (κ3) is 3.34. The van der Waals surface area contributed by atoms with Gasteiger partial charge in [0, 0.05) is 24.0 Å². The van der Waals surface area contributed by atoms with Gasteiger partial charge >= 0.3 is 0 Å². The predicted molar refractivity (Wildman–Crippen MR) is 122 cm³/mol. The number of carbonyl (C=O) groups excluding carboxylic acids is 1. The summed E-state index contributed by atoms with van der Waals surface area (Å²) in [5.74, 6) is 5.15. The number of benzene rings is 1. The zero-order valence-corrected chi connectivity index (χ0v) is 18.2. The second kappa shape index (κ2) is 7.79. The molecule has 1 atom stereocenters. The van der Waals surface area contributed by atoms with E-state index >= 15 is 0 Å². The van der Waals surface area contributed by atoms with Gasteiger partial charge in [-0.15, -0.1) is 0 Å². The number of nitrogens with one attached hydrogen (secondary N) is 1. The van der Waals surface area contributed by atoms with Crippen LogP contribution in [0.15, 0.2) is 27.4 Å². The van der Waals surface area contributed by atoms with Crippen LogP contribution >= 0.6 is 0 Å². The van der Waals surface area contributed by atoms with Crippen LogP contribution in [0.25, 0.3) is 33.3 Å². The fraction of sp³-hybridized carbons (Fsp3) is 0.304. The molecular formula is C23H22N6O4. The van der Waals surface area contributed by atoms with Crippen molar-refractivity contribution in [1.82, 2.24) is 24.9 Å². The first-order chi connectivity index (χ1) is 15.9. The number of likely N-dealkylation sites (tertiary alicyclic amines) is 1. The van der Waals surface area contributed by atoms with Gasteiger partial charge in [0.25, 0.3) is 11.5 Å². The summed E-state index contributed by atoms with van der Waals surface area (Å²) in [7, 11) is 0. The van der Waals surface area contributed by atoms with E-state index in [1.807, 2.05) is 32.0 Å². The molecule has 1 unspecified atom stereocenters. The van der Waals surface area contributed by atoms with Crippen molar-refractivity contribution in [2.24, 2.45) is 0 Å². The maximum atomic E-state index is 12.5. The number of hydrogen-bond donors (Lipinski definition) is 3. The molecule has 1 fully saturated rings. The SMILES string of the molecule is Cc1ccc2oc(-c3c4c(N)n[nH]c(=O)c4nn3C3CCN(C(=O)C#CCO)C3)c(C)c2c1. The van der Waals surface area contributed by atoms with Crippen LogP contribution < -0.4 is 11.3 Å². The molecule has 0 bridgehead atoms. The third-order valence-corrected chi connectivity index (χ3v) is 6.04. The highest BCUT2D eigenvalue weighted by atomic mass is 16.3. The Morgan fingerprint density at radius 3 is 3.00 bits per heavy atom. The van der Waals surface area contributed by atoms with Gasteiger partial charge < -0.3 is 20.2 Å². The normalized spacial score (nSPS) is 15.8. The first kappa shape index (κ1) is 20.8. The van der Waals surface area contributed by atoms with Gasteiger partial charge in [0.15, 0.2) is 17.1 Å². The molecule has 4 N–H and O–H groups in total. The Morgan fingerprint density at radius 2 is 2.21 bits per heavy atom. The van der Waals surface area contributed by atoms with Gasteiger partial charge in [-0.1, -0.05) is 17.6 Å². The van der Waals surface area contributed by atoms with Crippen LogP contribution in [-0.4, -0.2) is 55.6 Å². The van der Waals surface area contributed by atoms with Crippen molar-refractivity contribution in [3.63, 3.8) is 0 Å². The van der Waals surface area contributed by atoms with Crippen LogP contribution in [-0.2, 0) is 4.79 Å². The number of carbonyl (C=O) groups is 1. The summed E-state index contributed by atoms with van der Waals surface area (Å²) < 4.78 is 7.97. The molecule has 3 aromatic heterocycles. The minimum Gasteiger partial charge on any atom is -0.454 e. The number of nitrogens with two attached hydrogens (primary N) is 1. The van der Waals surface area contributed by atoms with E-state index in [0.29, 0.717) is 41.9 Å². The molecule has 4 aromatic rings. The van der Waals surface area contributed by atoms with Crippen molar-refractivity contribution < 1.29 is 14.3 Å². The lowest BCUT2D eigenvalue weighted by Crippen LogP contribution is -2.28. The zero-order chi connectivity index (χ0) is 23.3. The van der Waals surface area contributed by atoms with Gasteiger partial charge in [-0.2, -0.15) is 10.2 Å². The quantitative estimate of drug-likeness (QED) is 0.396. The molecule has 0 radical (unpaired) electrons. The number of anilines is 1. The van der Waals surface area contributed by atoms with Crippen molar-refractivity contribution in [2.45, 2.75) is 26.3 Å². The van der Waals surface area contributed by atoms with Crippen molar-refractivity contribution in [1.29, 1.82) is 0 Å². The summed E-state index contributed by atoms with van der Waals surface area (Å²) in [4.78, 5) is 26.5. The average Bonchev–Trinajstić information content (AvgIpc) is 3.51. The smallest absolute Gasteiger partial charge is 0.298 e. The fourth-order valence-corrected chi connectivity index (χ4v) is 4.42. The number of aromatic amines is 1. The molecule has 1 saturated heterocycles. The van der Waals surface area contributed by atoms with Crippen LogP contribution in [0.3, 0.4) is 0 Å². The van der Waals surface area contributed by atoms with Crippen molar-refractivity contribution in [3.8, 4) is 23.3 Å². The number of aliphatic hydroxyl groups is 1. The maximum Gasteiger partial charge on any atom is 0.298 e. The molecule has 0 spiro atoms. The highest BCUT2D eigenvalue weighted by molar-refractivity contribution is 6.01. The predicted octanol–water partition coefficient (Wildman–Crippen LogP) is 1.50. The van der Waals surface area contributed by atoms with E-state index in [9.17, 15) is 9.59 Å². The highest BCUT2D eigenvalue weighted by Gasteiger charge is 2.33. The van der Waals surface area contributed by atoms with E-state index < -0.39 is 5.56 Å². The number of hydrogen-bond acceptors (Lipinski definition) is 7. The largest absolute Gasteiger partial charge is 0.454 e. The summed E-state index contributed by atoms with van der Waals surface area (Å²) in [5, 5.41) is 21.2. The average molecular weight is 446 g/mol. The number of aryl methyl sites for hydroxylation is 2. The molecule has 0 saturated carbocycles. The number of aliphatic hydroxyl groups excluding tert-OH is 1. The number of H-pyrrole nitrogens is 1. The van der Waals surface area contributed by atoms with Crippen LogP contribution in [0.2, 0.25) is 0 Å². The summed E-state index contributed by atoms with van der Waals surface area (Å²) in [5.41, 5.74) is 9.18. The number of nitrogen functional groups attached to an aromatic ring is 1. The summed E-state index contributed by atoms with van der Waals surface area (Å²) in [6.07, 6.45) is 0.608. The number of furan rings is 1. The summed E-state index contributed by atoms with van der Waals surface area (Å²) in [6.45, 7) is 4.41. The van der Waals surface area contributed by atoms with E-state index in [1.165, 1.54) is 0 Å². The molecule has 1 amide bonds. The van der Waals surface area contributed by atoms with Crippen LogP contribution in [0.4, 0.5) is 5.82 Å². The minimum atomic E-state index is -0.455. The summed E-state index contributed by atoms with van der Waals surface area (Å²) in [6, 6.07) is 5.71. The lowest BCUT2D eigenvalue weighted by Gasteiger charge is -2.15. The Labute approximate surface area is 188 Å². The highest BCUT2D eigenvalue weighted by Crippen LogP contribution is 2.40. The lowest BCUT2D eigenvalue weighted by atomic mass is 10.1.